The van der Waals surface area contributed by atoms with Gasteiger partial charge in [0.2, 0.25) is 5.91 Å². The number of hydrogen-bond acceptors (Lipinski definition) is 3. The Bertz CT molecular complexity index is 399. The van der Waals surface area contributed by atoms with Crippen LogP contribution in [0.15, 0.2) is 0 Å². The Kier molecular flexibility index (Phi) is 5.67. The molecule has 0 spiro atoms. The molecular formula is C16H30N4O2. The lowest BCUT2D eigenvalue weighted by Crippen LogP contribution is -2.50. The molecule has 2 rings (SSSR count). The molecule has 0 heterocycles. The van der Waals surface area contributed by atoms with Gasteiger partial charge in [0.15, 0.2) is 0 Å². The zero-order valence-electron chi connectivity index (χ0n) is 14.0. The van der Waals surface area contributed by atoms with Crippen LogP contribution in [0.1, 0.15) is 32.1 Å². The summed E-state index contributed by atoms with van der Waals surface area (Å²) in [6, 6.07) is 0.168. The van der Waals surface area contributed by atoms with Gasteiger partial charge in [0.1, 0.15) is 0 Å². The molecule has 2 fully saturated rings. The fourth-order valence-corrected chi connectivity index (χ4v) is 3.90. The number of carbonyl (C=O) groups is 2. The van der Waals surface area contributed by atoms with Crippen LogP contribution in [0.2, 0.25) is 0 Å². The highest BCUT2D eigenvalue weighted by atomic mass is 16.2. The standard InChI is InChI=1S/C16H30N4O2/c1-19(2)16(22)18-7-8-20(3)15(21)13-9-11-5-4-6-12(10-13)14(11)17/h11-14H,4-10,17H2,1-3H3,(H,18,22). The molecular weight excluding hydrogens is 280 g/mol. The van der Waals surface area contributed by atoms with Gasteiger partial charge in [-0.2, -0.15) is 0 Å². The van der Waals surface area contributed by atoms with E-state index >= 15 is 0 Å². The Labute approximate surface area is 133 Å². The van der Waals surface area contributed by atoms with E-state index in [0.29, 0.717) is 31.0 Å². The van der Waals surface area contributed by atoms with Gasteiger partial charge in [-0.15, -0.1) is 0 Å². The van der Waals surface area contributed by atoms with Crippen molar-refractivity contribution in [2.45, 2.75) is 38.1 Å². The normalized spacial score (nSPS) is 30.5. The van der Waals surface area contributed by atoms with Gasteiger partial charge in [-0.25, -0.2) is 4.79 Å². The van der Waals surface area contributed by atoms with Crippen LogP contribution in [0.4, 0.5) is 4.79 Å². The van der Waals surface area contributed by atoms with E-state index < -0.39 is 0 Å². The predicted molar refractivity (Wildman–Crippen MR) is 86.3 cm³/mol. The zero-order valence-corrected chi connectivity index (χ0v) is 14.0. The summed E-state index contributed by atoms with van der Waals surface area (Å²) in [6.07, 6.45) is 5.47. The van der Waals surface area contributed by atoms with E-state index in [-0.39, 0.29) is 17.9 Å². The van der Waals surface area contributed by atoms with Crippen LogP contribution in [-0.2, 0) is 4.79 Å². The molecule has 2 atom stereocenters. The third-order valence-corrected chi connectivity index (χ3v) is 5.27. The van der Waals surface area contributed by atoms with Crippen molar-refractivity contribution in [1.82, 2.24) is 15.1 Å². The van der Waals surface area contributed by atoms with Crippen LogP contribution in [0.5, 0.6) is 0 Å². The average Bonchev–Trinajstić information content (AvgIpc) is 2.45. The fraction of sp³-hybridized carbons (Fsp3) is 0.875. The van der Waals surface area contributed by atoms with Crippen molar-refractivity contribution in [2.24, 2.45) is 23.5 Å². The van der Waals surface area contributed by atoms with Gasteiger partial charge >= 0.3 is 6.03 Å². The molecule has 22 heavy (non-hydrogen) atoms. The van der Waals surface area contributed by atoms with E-state index in [1.165, 1.54) is 24.2 Å². The van der Waals surface area contributed by atoms with E-state index in [1.54, 1.807) is 19.0 Å². The molecule has 2 unspecified atom stereocenters. The second kappa shape index (κ2) is 7.31. The molecule has 6 nitrogen and oxygen atoms in total. The maximum Gasteiger partial charge on any atom is 0.316 e. The number of likely N-dealkylation sites (N-methyl/N-ethyl adjacent to an activating group) is 1. The molecule has 6 heteroatoms. The van der Waals surface area contributed by atoms with Crippen molar-refractivity contribution < 1.29 is 9.59 Å². The second-order valence-corrected chi connectivity index (χ2v) is 7.08. The molecule has 2 saturated carbocycles. The molecule has 3 N–H and O–H groups in total. The molecule has 126 valence electrons. The summed E-state index contributed by atoms with van der Waals surface area (Å²) < 4.78 is 0. The van der Waals surface area contributed by atoms with Crippen molar-refractivity contribution in [3.8, 4) is 0 Å². The van der Waals surface area contributed by atoms with Crippen LogP contribution in [-0.4, -0.2) is 62.0 Å². The molecule has 0 aromatic rings. The quantitative estimate of drug-likeness (QED) is 0.809. The summed E-state index contributed by atoms with van der Waals surface area (Å²) in [5, 5.41) is 2.79. The number of nitrogens with zero attached hydrogens (tertiary/aromatic N) is 2. The Hall–Kier alpha value is -1.30. The first-order valence-electron chi connectivity index (χ1n) is 8.36. The Balaban J connectivity index is 1.80. The summed E-state index contributed by atoms with van der Waals surface area (Å²) in [5.41, 5.74) is 6.29. The predicted octanol–water partition coefficient (Wildman–Crippen LogP) is 0.870. The van der Waals surface area contributed by atoms with Gasteiger partial charge in [0.25, 0.3) is 0 Å². The first-order valence-corrected chi connectivity index (χ1v) is 8.36. The van der Waals surface area contributed by atoms with Crippen LogP contribution in [0.3, 0.4) is 0 Å². The van der Waals surface area contributed by atoms with E-state index in [1.807, 2.05) is 7.05 Å². The van der Waals surface area contributed by atoms with E-state index in [0.717, 1.165) is 12.8 Å². The first-order chi connectivity index (χ1) is 10.4. The lowest BCUT2D eigenvalue weighted by molar-refractivity contribution is -0.137. The number of hydrogen-bond donors (Lipinski definition) is 2. The number of urea groups is 1. The SMILES string of the molecule is CN(C)C(=O)NCCN(C)C(=O)C1CC2CCCC(C1)C2N. The molecule has 0 radical (unpaired) electrons. The summed E-state index contributed by atoms with van der Waals surface area (Å²) in [5.74, 6) is 1.36. The lowest BCUT2D eigenvalue weighted by atomic mass is 9.65. The van der Waals surface area contributed by atoms with Gasteiger partial charge < -0.3 is 20.9 Å². The number of carbonyl (C=O) groups excluding carboxylic acids is 2. The van der Waals surface area contributed by atoms with Gasteiger partial charge in [0.05, 0.1) is 0 Å². The summed E-state index contributed by atoms with van der Waals surface area (Å²) in [6.45, 7) is 1.04. The highest BCUT2D eigenvalue weighted by Gasteiger charge is 2.41. The number of fused-ring (bicyclic) bond motifs is 2. The molecule has 2 aliphatic carbocycles. The molecule has 3 amide bonds. The van der Waals surface area contributed by atoms with Crippen molar-refractivity contribution >= 4 is 11.9 Å². The third kappa shape index (κ3) is 3.91. The zero-order chi connectivity index (χ0) is 16.3. The molecule has 2 bridgehead atoms. The summed E-state index contributed by atoms with van der Waals surface area (Å²) in [7, 11) is 5.23. The highest BCUT2D eigenvalue weighted by Crippen LogP contribution is 2.42. The minimum absolute atomic E-state index is 0.115. The number of amides is 3. The minimum atomic E-state index is -0.126. The van der Waals surface area contributed by atoms with E-state index in [2.05, 4.69) is 5.32 Å². The monoisotopic (exact) mass is 310 g/mol. The van der Waals surface area contributed by atoms with Crippen LogP contribution >= 0.6 is 0 Å². The van der Waals surface area contributed by atoms with Crippen LogP contribution in [0.25, 0.3) is 0 Å². The molecule has 0 saturated heterocycles. The number of rotatable bonds is 4. The van der Waals surface area contributed by atoms with Crippen molar-refractivity contribution in [3.05, 3.63) is 0 Å². The third-order valence-electron chi connectivity index (χ3n) is 5.27. The Morgan fingerprint density at radius 2 is 1.73 bits per heavy atom. The second-order valence-electron chi connectivity index (χ2n) is 7.08. The van der Waals surface area contributed by atoms with E-state index in [9.17, 15) is 9.59 Å². The fourth-order valence-electron chi connectivity index (χ4n) is 3.90. The average molecular weight is 310 g/mol. The largest absolute Gasteiger partial charge is 0.344 e. The Morgan fingerprint density at radius 3 is 2.27 bits per heavy atom. The van der Waals surface area contributed by atoms with Crippen LogP contribution in [0, 0.1) is 17.8 Å². The van der Waals surface area contributed by atoms with Crippen molar-refractivity contribution in [1.29, 1.82) is 0 Å². The molecule has 0 aliphatic heterocycles. The topological polar surface area (TPSA) is 78.7 Å². The van der Waals surface area contributed by atoms with Crippen molar-refractivity contribution in [2.75, 3.05) is 34.2 Å². The maximum atomic E-state index is 12.6. The van der Waals surface area contributed by atoms with Crippen LogP contribution < -0.4 is 11.1 Å². The first kappa shape index (κ1) is 17.1. The molecule has 0 aromatic carbocycles. The summed E-state index contributed by atoms with van der Waals surface area (Å²) >= 11 is 0. The van der Waals surface area contributed by atoms with Gasteiger partial charge in [-0.3, -0.25) is 4.79 Å². The number of nitrogens with two attached hydrogens (primary N) is 1. The van der Waals surface area contributed by atoms with Crippen molar-refractivity contribution in [3.63, 3.8) is 0 Å². The lowest BCUT2D eigenvalue weighted by Gasteiger charge is -2.44. The highest BCUT2D eigenvalue weighted by molar-refractivity contribution is 5.79. The Morgan fingerprint density at radius 1 is 1.14 bits per heavy atom. The maximum absolute atomic E-state index is 12.6. The van der Waals surface area contributed by atoms with Gasteiger partial charge in [-0.05, 0) is 37.5 Å². The van der Waals surface area contributed by atoms with Gasteiger partial charge in [-0.1, -0.05) is 6.42 Å². The minimum Gasteiger partial charge on any atom is -0.344 e. The summed E-state index contributed by atoms with van der Waals surface area (Å²) in [4.78, 5) is 27.3. The molecule has 0 aromatic heterocycles. The van der Waals surface area contributed by atoms with E-state index in [4.69, 9.17) is 5.73 Å². The molecule has 2 aliphatic rings. The smallest absolute Gasteiger partial charge is 0.316 e. The van der Waals surface area contributed by atoms with Gasteiger partial charge in [0, 0.05) is 46.2 Å². The number of nitrogens with one attached hydrogen (secondary N) is 1.